The Morgan fingerprint density at radius 1 is 1.18 bits per heavy atom. The maximum absolute atomic E-state index is 11.5. The summed E-state index contributed by atoms with van der Waals surface area (Å²) in [4.78, 5) is 20.5. The van der Waals surface area contributed by atoms with Crippen molar-refractivity contribution >= 4 is 35.8 Å². The van der Waals surface area contributed by atoms with Crippen molar-refractivity contribution < 1.29 is 9.53 Å². The van der Waals surface area contributed by atoms with Gasteiger partial charge in [0.1, 0.15) is 5.75 Å². The van der Waals surface area contributed by atoms with Crippen molar-refractivity contribution in [3.8, 4) is 5.75 Å². The van der Waals surface area contributed by atoms with E-state index in [0.717, 1.165) is 63.0 Å². The molecule has 1 aliphatic rings. The third-order valence-electron chi connectivity index (χ3n) is 4.68. The summed E-state index contributed by atoms with van der Waals surface area (Å²) >= 11 is 0. The fourth-order valence-electron chi connectivity index (χ4n) is 3.00. The molecule has 7 heteroatoms. The number of para-hydroxylation sites is 1. The molecular formula is C21H35IN4O2. The Hall–Kier alpha value is -1.51. The zero-order valence-corrected chi connectivity index (χ0v) is 19.9. The predicted octanol–water partition coefficient (Wildman–Crippen LogP) is 3.36. The molecule has 0 radical (unpaired) electrons. The van der Waals surface area contributed by atoms with Crippen LogP contribution in [0.3, 0.4) is 0 Å². The third kappa shape index (κ3) is 7.85. The van der Waals surface area contributed by atoms with E-state index in [1.807, 2.05) is 23.1 Å². The fraction of sp³-hybridized carbons (Fsp3) is 0.619. The topological polar surface area (TPSA) is 57.2 Å². The molecule has 1 aromatic carbocycles. The molecule has 1 aliphatic heterocycles. The summed E-state index contributed by atoms with van der Waals surface area (Å²) < 4.78 is 5.98. The van der Waals surface area contributed by atoms with Gasteiger partial charge in [-0.2, -0.15) is 0 Å². The summed E-state index contributed by atoms with van der Waals surface area (Å²) in [5.41, 5.74) is 1.10. The van der Waals surface area contributed by atoms with Crippen LogP contribution in [0.15, 0.2) is 29.3 Å². The monoisotopic (exact) mass is 502 g/mol. The summed E-state index contributed by atoms with van der Waals surface area (Å²) in [6.07, 6.45) is 1.04. The van der Waals surface area contributed by atoms with Crippen molar-refractivity contribution in [3.63, 3.8) is 0 Å². The van der Waals surface area contributed by atoms with Crippen molar-refractivity contribution in [2.24, 2.45) is 10.9 Å². The van der Waals surface area contributed by atoms with Crippen LogP contribution in [0.4, 0.5) is 0 Å². The zero-order valence-electron chi connectivity index (χ0n) is 17.6. The number of amides is 1. The van der Waals surface area contributed by atoms with Crippen LogP contribution in [-0.4, -0.2) is 61.0 Å². The molecule has 0 aromatic heterocycles. The van der Waals surface area contributed by atoms with Gasteiger partial charge in [0.2, 0.25) is 5.91 Å². The standard InChI is InChI=1S/C21H34N4O2.HI/c1-5-22-21(25-13-11-24(12-14-25)18(4)26)23-16-19-8-6-7-9-20(19)27-15-10-17(2)3;/h6-9,17H,5,10-16H2,1-4H3,(H,22,23);1H. The average Bonchev–Trinajstić information content (AvgIpc) is 2.66. The summed E-state index contributed by atoms with van der Waals surface area (Å²) in [5.74, 6) is 2.59. The van der Waals surface area contributed by atoms with Gasteiger partial charge in [0.25, 0.3) is 0 Å². The van der Waals surface area contributed by atoms with E-state index in [-0.39, 0.29) is 29.9 Å². The average molecular weight is 502 g/mol. The molecular weight excluding hydrogens is 467 g/mol. The number of aliphatic imine (C=N–C) groups is 1. The zero-order chi connectivity index (χ0) is 19.6. The molecule has 28 heavy (non-hydrogen) atoms. The first-order valence-corrected chi connectivity index (χ1v) is 10.0. The predicted molar refractivity (Wildman–Crippen MR) is 125 cm³/mol. The highest BCUT2D eigenvalue weighted by atomic mass is 127. The van der Waals surface area contributed by atoms with Crippen LogP contribution in [-0.2, 0) is 11.3 Å². The molecule has 0 aliphatic carbocycles. The number of piperazine rings is 1. The molecule has 0 saturated carbocycles. The maximum atomic E-state index is 11.5. The number of carbonyl (C=O) groups is 1. The first-order chi connectivity index (χ1) is 13.0. The van der Waals surface area contributed by atoms with Gasteiger partial charge >= 0.3 is 0 Å². The van der Waals surface area contributed by atoms with Gasteiger partial charge in [0.15, 0.2) is 5.96 Å². The number of halogens is 1. The lowest BCUT2D eigenvalue weighted by atomic mass is 10.1. The Morgan fingerprint density at radius 3 is 2.43 bits per heavy atom. The van der Waals surface area contributed by atoms with Crippen LogP contribution in [0.25, 0.3) is 0 Å². The summed E-state index contributed by atoms with van der Waals surface area (Å²) in [6.45, 7) is 13.3. The Morgan fingerprint density at radius 2 is 1.82 bits per heavy atom. The fourth-order valence-corrected chi connectivity index (χ4v) is 3.00. The van der Waals surface area contributed by atoms with Crippen LogP contribution in [0.2, 0.25) is 0 Å². The number of hydrogen-bond donors (Lipinski definition) is 1. The van der Waals surface area contributed by atoms with E-state index in [4.69, 9.17) is 9.73 Å². The van der Waals surface area contributed by atoms with Gasteiger partial charge in [0, 0.05) is 45.2 Å². The second-order valence-electron chi connectivity index (χ2n) is 7.30. The van der Waals surface area contributed by atoms with Crippen molar-refractivity contribution in [3.05, 3.63) is 29.8 Å². The van der Waals surface area contributed by atoms with Crippen LogP contribution in [0.5, 0.6) is 5.75 Å². The molecule has 1 N–H and O–H groups in total. The second-order valence-corrected chi connectivity index (χ2v) is 7.30. The normalized spacial score (nSPS) is 14.7. The second kappa shape index (κ2) is 12.9. The highest BCUT2D eigenvalue weighted by Gasteiger charge is 2.20. The Balaban J connectivity index is 0.00000392. The molecule has 2 rings (SSSR count). The lowest BCUT2D eigenvalue weighted by Gasteiger charge is -2.36. The molecule has 0 unspecified atom stereocenters. The number of nitrogens with one attached hydrogen (secondary N) is 1. The molecule has 158 valence electrons. The van der Waals surface area contributed by atoms with E-state index in [1.165, 1.54) is 0 Å². The Bertz CT molecular complexity index is 629. The highest BCUT2D eigenvalue weighted by molar-refractivity contribution is 14.0. The van der Waals surface area contributed by atoms with Gasteiger partial charge in [-0.15, -0.1) is 24.0 Å². The minimum absolute atomic E-state index is 0. The van der Waals surface area contributed by atoms with E-state index in [1.54, 1.807) is 6.92 Å². The van der Waals surface area contributed by atoms with Gasteiger partial charge in [-0.25, -0.2) is 4.99 Å². The van der Waals surface area contributed by atoms with Crippen LogP contribution >= 0.6 is 24.0 Å². The number of benzene rings is 1. The van der Waals surface area contributed by atoms with Crippen LogP contribution in [0.1, 0.15) is 39.7 Å². The lowest BCUT2D eigenvalue weighted by Crippen LogP contribution is -2.53. The largest absolute Gasteiger partial charge is 0.493 e. The minimum atomic E-state index is 0. The summed E-state index contributed by atoms with van der Waals surface area (Å²) in [7, 11) is 0. The molecule has 1 heterocycles. The molecule has 0 bridgehead atoms. The molecule has 1 fully saturated rings. The molecule has 1 aromatic rings. The quantitative estimate of drug-likeness (QED) is 0.353. The van der Waals surface area contributed by atoms with E-state index < -0.39 is 0 Å². The van der Waals surface area contributed by atoms with E-state index in [0.29, 0.717) is 12.5 Å². The number of hydrogen-bond acceptors (Lipinski definition) is 3. The van der Waals surface area contributed by atoms with Crippen molar-refractivity contribution in [2.75, 3.05) is 39.3 Å². The van der Waals surface area contributed by atoms with Gasteiger partial charge < -0.3 is 19.9 Å². The number of nitrogens with zero attached hydrogens (tertiary/aromatic N) is 3. The van der Waals surface area contributed by atoms with E-state index in [2.05, 4.69) is 37.1 Å². The van der Waals surface area contributed by atoms with Gasteiger partial charge in [-0.3, -0.25) is 4.79 Å². The van der Waals surface area contributed by atoms with Crippen molar-refractivity contribution in [1.82, 2.24) is 15.1 Å². The molecule has 1 saturated heterocycles. The van der Waals surface area contributed by atoms with Crippen molar-refractivity contribution in [1.29, 1.82) is 0 Å². The number of ether oxygens (including phenoxy) is 1. The first kappa shape index (κ1) is 24.5. The van der Waals surface area contributed by atoms with Crippen LogP contribution < -0.4 is 10.1 Å². The van der Waals surface area contributed by atoms with Crippen molar-refractivity contribution in [2.45, 2.75) is 40.7 Å². The van der Waals surface area contributed by atoms with E-state index in [9.17, 15) is 4.79 Å². The molecule has 6 nitrogen and oxygen atoms in total. The number of guanidine groups is 1. The Labute approximate surface area is 186 Å². The number of carbonyl (C=O) groups excluding carboxylic acids is 1. The summed E-state index contributed by atoms with van der Waals surface area (Å²) in [5, 5.41) is 3.38. The van der Waals surface area contributed by atoms with Gasteiger partial charge in [-0.1, -0.05) is 32.0 Å². The third-order valence-corrected chi connectivity index (χ3v) is 4.68. The summed E-state index contributed by atoms with van der Waals surface area (Å²) in [6, 6.07) is 8.12. The smallest absolute Gasteiger partial charge is 0.219 e. The highest BCUT2D eigenvalue weighted by Crippen LogP contribution is 2.20. The van der Waals surface area contributed by atoms with E-state index >= 15 is 0 Å². The minimum Gasteiger partial charge on any atom is -0.493 e. The maximum Gasteiger partial charge on any atom is 0.219 e. The lowest BCUT2D eigenvalue weighted by molar-refractivity contribution is -0.130. The molecule has 0 atom stereocenters. The molecule has 0 spiro atoms. The van der Waals surface area contributed by atoms with Gasteiger partial charge in [0.05, 0.1) is 13.2 Å². The first-order valence-electron chi connectivity index (χ1n) is 10.0. The number of rotatable bonds is 7. The molecule has 1 amide bonds. The Kier molecular flexibility index (Phi) is 11.3. The van der Waals surface area contributed by atoms with Gasteiger partial charge in [-0.05, 0) is 25.3 Å². The van der Waals surface area contributed by atoms with Crippen LogP contribution in [0, 0.1) is 5.92 Å². The SMILES string of the molecule is CCNC(=NCc1ccccc1OCCC(C)C)N1CCN(C(C)=O)CC1.I.